The molecule has 6 heteroatoms. The number of piperidine rings is 1. The smallest absolute Gasteiger partial charge is 0.219 e. The molecule has 0 unspecified atom stereocenters. The van der Waals surface area contributed by atoms with Crippen molar-refractivity contribution in [3.05, 3.63) is 12.4 Å². The van der Waals surface area contributed by atoms with Crippen molar-refractivity contribution in [2.45, 2.75) is 39.5 Å². The Kier molecular flexibility index (Phi) is 6.43. The van der Waals surface area contributed by atoms with E-state index in [0.717, 1.165) is 57.1 Å². The van der Waals surface area contributed by atoms with E-state index in [0.29, 0.717) is 12.3 Å². The third-order valence-electron chi connectivity index (χ3n) is 4.10. The molecule has 0 radical (unpaired) electrons. The number of hydrogen-bond acceptors (Lipinski definition) is 5. The highest BCUT2D eigenvalue weighted by Crippen LogP contribution is 2.25. The number of carbonyl (C=O) groups excluding carboxylic acids is 1. The van der Waals surface area contributed by atoms with Crippen molar-refractivity contribution in [2.75, 3.05) is 36.4 Å². The van der Waals surface area contributed by atoms with E-state index in [1.54, 1.807) is 6.33 Å². The van der Waals surface area contributed by atoms with Crippen LogP contribution in [0.15, 0.2) is 12.4 Å². The van der Waals surface area contributed by atoms with E-state index in [2.05, 4.69) is 32.4 Å². The van der Waals surface area contributed by atoms with Gasteiger partial charge in [0.1, 0.15) is 18.0 Å². The Bertz CT molecular complexity index is 471. The Balaban J connectivity index is 1.79. The fourth-order valence-corrected chi connectivity index (χ4v) is 2.87. The molecule has 1 aliphatic rings. The van der Waals surface area contributed by atoms with Crippen LogP contribution in [0.25, 0.3) is 0 Å². The predicted molar refractivity (Wildman–Crippen MR) is 89.1 cm³/mol. The van der Waals surface area contributed by atoms with E-state index in [-0.39, 0.29) is 5.91 Å². The number of hydrogen-bond donors (Lipinski definition) is 2. The first-order valence-corrected chi connectivity index (χ1v) is 8.30. The lowest BCUT2D eigenvalue weighted by Gasteiger charge is -2.32. The largest absolute Gasteiger partial charge is 0.370 e. The molecule has 0 spiro atoms. The number of nitrogens with one attached hydrogen (secondary N) is 2. The fourth-order valence-electron chi connectivity index (χ4n) is 2.87. The van der Waals surface area contributed by atoms with E-state index in [1.807, 2.05) is 13.0 Å². The summed E-state index contributed by atoms with van der Waals surface area (Å²) in [5.74, 6) is 2.70. The maximum atomic E-state index is 11.5. The van der Waals surface area contributed by atoms with Gasteiger partial charge in [0, 0.05) is 38.7 Å². The lowest BCUT2D eigenvalue weighted by molar-refractivity contribution is -0.121. The van der Waals surface area contributed by atoms with E-state index in [4.69, 9.17) is 0 Å². The van der Waals surface area contributed by atoms with Gasteiger partial charge in [-0.1, -0.05) is 0 Å². The monoisotopic (exact) mass is 305 g/mol. The van der Waals surface area contributed by atoms with Gasteiger partial charge in [-0.05, 0) is 39.0 Å². The number of nitrogens with zero attached hydrogens (tertiary/aromatic N) is 3. The molecule has 1 aromatic heterocycles. The number of carbonyl (C=O) groups is 1. The van der Waals surface area contributed by atoms with E-state index < -0.39 is 0 Å². The van der Waals surface area contributed by atoms with Crippen LogP contribution in [0.4, 0.5) is 11.6 Å². The third-order valence-corrected chi connectivity index (χ3v) is 4.10. The van der Waals surface area contributed by atoms with Gasteiger partial charge in [0.2, 0.25) is 5.91 Å². The Labute approximate surface area is 132 Å². The van der Waals surface area contributed by atoms with Gasteiger partial charge in [0.05, 0.1) is 0 Å². The number of rotatable bonds is 7. The van der Waals surface area contributed by atoms with Crippen LogP contribution in [0.3, 0.4) is 0 Å². The Morgan fingerprint density at radius 3 is 2.73 bits per heavy atom. The molecule has 22 heavy (non-hydrogen) atoms. The summed E-state index contributed by atoms with van der Waals surface area (Å²) in [5, 5.41) is 6.08. The van der Waals surface area contributed by atoms with Crippen LogP contribution in [-0.2, 0) is 4.79 Å². The van der Waals surface area contributed by atoms with Crippen LogP contribution in [0.5, 0.6) is 0 Å². The molecule has 1 aliphatic heterocycles. The van der Waals surface area contributed by atoms with Crippen LogP contribution in [0, 0.1) is 5.92 Å². The summed E-state index contributed by atoms with van der Waals surface area (Å²) in [5.41, 5.74) is 0. The summed E-state index contributed by atoms with van der Waals surface area (Å²) in [6, 6.07) is 2.01. The molecule has 1 aromatic rings. The van der Waals surface area contributed by atoms with Gasteiger partial charge in [-0.25, -0.2) is 9.97 Å². The zero-order chi connectivity index (χ0) is 15.8. The summed E-state index contributed by atoms with van der Waals surface area (Å²) in [6.45, 7) is 7.60. The van der Waals surface area contributed by atoms with Crippen molar-refractivity contribution in [1.82, 2.24) is 15.3 Å². The number of aromatic nitrogens is 2. The SMILES string of the molecule is CCNC(=O)CCC1CCN(c2cc(NCC)ncn2)CC1. The first-order chi connectivity index (χ1) is 10.7. The van der Waals surface area contributed by atoms with Gasteiger partial charge in [-0.2, -0.15) is 0 Å². The van der Waals surface area contributed by atoms with E-state index in [1.165, 1.54) is 0 Å². The molecular weight excluding hydrogens is 278 g/mol. The van der Waals surface area contributed by atoms with E-state index >= 15 is 0 Å². The highest BCUT2D eigenvalue weighted by molar-refractivity contribution is 5.75. The van der Waals surface area contributed by atoms with Crippen LogP contribution >= 0.6 is 0 Å². The maximum absolute atomic E-state index is 11.5. The first-order valence-electron chi connectivity index (χ1n) is 8.30. The van der Waals surface area contributed by atoms with Gasteiger partial charge in [-0.3, -0.25) is 4.79 Å². The first kappa shape index (κ1) is 16.5. The quantitative estimate of drug-likeness (QED) is 0.807. The maximum Gasteiger partial charge on any atom is 0.219 e. The molecule has 2 heterocycles. The molecule has 1 amide bonds. The van der Waals surface area contributed by atoms with Crippen LogP contribution in [0.2, 0.25) is 0 Å². The molecule has 0 bridgehead atoms. The fraction of sp³-hybridized carbons (Fsp3) is 0.688. The molecule has 0 atom stereocenters. The van der Waals surface area contributed by atoms with Gasteiger partial charge in [0.15, 0.2) is 0 Å². The molecule has 6 nitrogen and oxygen atoms in total. The van der Waals surface area contributed by atoms with Gasteiger partial charge in [0.25, 0.3) is 0 Å². The summed E-state index contributed by atoms with van der Waals surface area (Å²) in [6.07, 6.45) is 5.51. The molecule has 122 valence electrons. The summed E-state index contributed by atoms with van der Waals surface area (Å²) in [7, 11) is 0. The van der Waals surface area contributed by atoms with Crippen molar-refractivity contribution in [3.8, 4) is 0 Å². The molecule has 2 rings (SSSR count). The Morgan fingerprint density at radius 2 is 2.05 bits per heavy atom. The Morgan fingerprint density at radius 1 is 1.27 bits per heavy atom. The minimum absolute atomic E-state index is 0.177. The molecule has 0 aromatic carbocycles. The van der Waals surface area contributed by atoms with Gasteiger partial charge < -0.3 is 15.5 Å². The molecule has 2 N–H and O–H groups in total. The summed E-state index contributed by atoms with van der Waals surface area (Å²) in [4.78, 5) is 22.4. The van der Waals surface area contributed by atoms with Crippen molar-refractivity contribution in [3.63, 3.8) is 0 Å². The molecule has 1 fully saturated rings. The lowest BCUT2D eigenvalue weighted by atomic mass is 9.92. The average molecular weight is 305 g/mol. The van der Waals surface area contributed by atoms with Crippen LogP contribution in [0.1, 0.15) is 39.5 Å². The second kappa shape index (κ2) is 8.56. The zero-order valence-electron chi connectivity index (χ0n) is 13.6. The molecule has 0 saturated carbocycles. The minimum Gasteiger partial charge on any atom is -0.370 e. The minimum atomic E-state index is 0.177. The zero-order valence-corrected chi connectivity index (χ0v) is 13.6. The van der Waals surface area contributed by atoms with Gasteiger partial charge >= 0.3 is 0 Å². The number of anilines is 2. The molecule has 0 aliphatic carbocycles. The van der Waals surface area contributed by atoms with Gasteiger partial charge in [-0.15, -0.1) is 0 Å². The highest BCUT2D eigenvalue weighted by Gasteiger charge is 2.21. The summed E-state index contributed by atoms with van der Waals surface area (Å²) < 4.78 is 0. The highest BCUT2D eigenvalue weighted by atomic mass is 16.1. The lowest BCUT2D eigenvalue weighted by Crippen LogP contribution is -2.34. The average Bonchev–Trinajstić information content (AvgIpc) is 2.54. The van der Waals surface area contributed by atoms with E-state index in [9.17, 15) is 4.79 Å². The van der Waals surface area contributed by atoms with Crippen LogP contribution < -0.4 is 15.5 Å². The van der Waals surface area contributed by atoms with Crippen molar-refractivity contribution in [2.24, 2.45) is 5.92 Å². The predicted octanol–water partition coefficient (Wildman–Crippen LogP) is 2.04. The van der Waals surface area contributed by atoms with Crippen molar-refractivity contribution < 1.29 is 4.79 Å². The molecule has 1 saturated heterocycles. The normalized spacial score (nSPS) is 15.6. The third kappa shape index (κ3) is 4.86. The van der Waals surface area contributed by atoms with Crippen molar-refractivity contribution in [1.29, 1.82) is 0 Å². The molecular formula is C16H27N5O. The second-order valence-corrected chi connectivity index (χ2v) is 5.71. The number of amides is 1. The second-order valence-electron chi connectivity index (χ2n) is 5.71. The standard InChI is InChI=1S/C16H27N5O/c1-3-17-14-11-15(20-12-19-14)21-9-7-13(8-10-21)5-6-16(22)18-4-2/h11-13H,3-10H2,1-2H3,(H,18,22)(H,17,19,20). The summed E-state index contributed by atoms with van der Waals surface area (Å²) >= 11 is 0. The Hall–Kier alpha value is -1.85. The van der Waals surface area contributed by atoms with Crippen LogP contribution in [-0.4, -0.2) is 42.1 Å². The topological polar surface area (TPSA) is 70.2 Å². The van der Waals surface area contributed by atoms with Crippen molar-refractivity contribution >= 4 is 17.5 Å².